The van der Waals surface area contributed by atoms with Gasteiger partial charge < -0.3 is 20.3 Å². The molecule has 0 aromatic heterocycles. The van der Waals surface area contributed by atoms with Crippen LogP contribution in [0, 0.1) is 0 Å². The summed E-state index contributed by atoms with van der Waals surface area (Å²) in [5.41, 5.74) is 2.24. The third-order valence-electron chi connectivity index (χ3n) is 2.68. The Balaban J connectivity index is 0.000000379. The van der Waals surface area contributed by atoms with Crippen LogP contribution in [-0.2, 0) is 16.1 Å². The number of hydrogen-bond donors (Lipinski definition) is 3. The summed E-state index contributed by atoms with van der Waals surface area (Å²) in [6.45, 7) is 0.743. The second kappa shape index (κ2) is 9.47. The van der Waals surface area contributed by atoms with Gasteiger partial charge in [-0.05, 0) is 30.3 Å². The van der Waals surface area contributed by atoms with Gasteiger partial charge in [0, 0.05) is 22.3 Å². The topological polar surface area (TPSA) is 95.9 Å². The first-order valence-corrected chi connectivity index (χ1v) is 7.31. The summed E-state index contributed by atoms with van der Waals surface area (Å²) in [4.78, 5) is 18.2. The van der Waals surface area contributed by atoms with Crippen molar-refractivity contribution in [2.24, 2.45) is 0 Å². The van der Waals surface area contributed by atoms with Gasteiger partial charge in [0.15, 0.2) is 0 Å². The van der Waals surface area contributed by atoms with Crippen LogP contribution in [0.5, 0.6) is 5.75 Å². The average Bonchev–Trinajstić information content (AvgIpc) is 2.54. The Morgan fingerprint density at radius 1 is 1.09 bits per heavy atom. The third kappa shape index (κ3) is 6.84. The molecule has 0 amide bonds. The molecule has 0 saturated carbocycles. The number of ether oxygens (including phenoxy) is 1. The third-order valence-corrected chi connectivity index (χ3v) is 3.18. The first kappa shape index (κ1) is 18.5. The van der Waals surface area contributed by atoms with Gasteiger partial charge in [0.1, 0.15) is 5.75 Å². The van der Waals surface area contributed by atoms with Gasteiger partial charge in [-0.2, -0.15) is 0 Å². The van der Waals surface area contributed by atoms with Gasteiger partial charge in [-0.1, -0.05) is 34.1 Å². The standard InChI is InChI=1S/C14H14BrNO.C2H2O4/c1-17-14-8-7-12(15)9-11(14)10-16-13-5-3-2-4-6-13;3-1(4)2(5)6/h2-9,16H,10H2,1H3;(H,3,4)(H,5,6). The van der Waals surface area contributed by atoms with Crippen molar-refractivity contribution in [2.45, 2.75) is 6.54 Å². The number of carbonyl (C=O) groups is 2. The van der Waals surface area contributed by atoms with Crippen LogP contribution in [0.15, 0.2) is 53.0 Å². The summed E-state index contributed by atoms with van der Waals surface area (Å²) in [7, 11) is 1.69. The summed E-state index contributed by atoms with van der Waals surface area (Å²) < 4.78 is 6.39. The first-order valence-electron chi connectivity index (χ1n) is 6.51. The van der Waals surface area contributed by atoms with Gasteiger partial charge in [-0.25, -0.2) is 9.59 Å². The molecule has 0 fully saturated rings. The highest BCUT2D eigenvalue weighted by Gasteiger charge is 2.04. The van der Waals surface area contributed by atoms with Crippen molar-refractivity contribution in [2.75, 3.05) is 12.4 Å². The number of aliphatic carboxylic acids is 2. The summed E-state index contributed by atoms with van der Waals surface area (Å²) in [5, 5.41) is 18.1. The molecule has 122 valence electrons. The SMILES string of the molecule is COc1ccc(Br)cc1CNc1ccccc1.O=C(O)C(=O)O. The van der Waals surface area contributed by atoms with Gasteiger partial charge in [0.05, 0.1) is 7.11 Å². The molecule has 7 heteroatoms. The van der Waals surface area contributed by atoms with Crippen LogP contribution in [0.4, 0.5) is 5.69 Å². The molecule has 3 N–H and O–H groups in total. The fraction of sp³-hybridized carbons (Fsp3) is 0.125. The molecule has 0 aliphatic heterocycles. The van der Waals surface area contributed by atoms with E-state index in [9.17, 15) is 0 Å². The fourth-order valence-electron chi connectivity index (χ4n) is 1.64. The Hall–Kier alpha value is -2.54. The first-order chi connectivity index (χ1) is 10.9. The number of para-hydroxylation sites is 1. The van der Waals surface area contributed by atoms with Crippen molar-refractivity contribution in [3.63, 3.8) is 0 Å². The molecule has 0 radical (unpaired) electrons. The van der Waals surface area contributed by atoms with Crippen LogP contribution in [0.25, 0.3) is 0 Å². The van der Waals surface area contributed by atoms with Crippen molar-refractivity contribution >= 4 is 33.6 Å². The zero-order valence-corrected chi connectivity index (χ0v) is 13.9. The second-order valence-electron chi connectivity index (χ2n) is 4.29. The molecule has 0 atom stereocenters. The minimum Gasteiger partial charge on any atom is -0.496 e. The normalized spacial score (nSPS) is 9.30. The van der Waals surface area contributed by atoms with Crippen molar-refractivity contribution in [3.8, 4) is 5.75 Å². The van der Waals surface area contributed by atoms with Gasteiger partial charge in [0.25, 0.3) is 0 Å². The zero-order chi connectivity index (χ0) is 17.2. The minimum atomic E-state index is -1.82. The molecular formula is C16H16BrNO5. The molecule has 0 unspecified atom stereocenters. The molecule has 2 aromatic carbocycles. The minimum absolute atomic E-state index is 0.743. The molecule has 0 heterocycles. The summed E-state index contributed by atoms with van der Waals surface area (Å²) in [6.07, 6.45) is 0. The number of rotatable bonds is 4. The second-order valence-corrected chi connectivity index (χ2v) is 5.20. The number of anilines is 1. The zero-order valence-electron chi connectivity index (χ0n) is 12.3. The van der Waals surface area contributed by atoms with Gasteiger partial charge in [-0.3, -0.25) is 0 Å². The molecule has 0 saturated heterocycles. The Bertz CT molecular complexity index is 649. The maximum Gasteiger partial charge on any atom is 0.414 e. The predicted octanol–water partition coefficient (Wildman–Crippen LogP) is 3.23. The van der Waals surface area contributed by atoms with Crippen LogP contribution < -0.4 is 10.1 Å². The van der Waals surface area contributed by atoms with Crippen LogP contribution in [0.3, 0.4) is 0 Å². The Kier molecular flexibility index (Phi) is 7.62. The van der Waals surface area contributed by atoms with E-state index in [2.05, 4.69) is 27.3 Å². The Morgan fingerprint density at radius 3 is 2.22 bits per heavy atom. The highest BCUT2D eigenvalue weighted by Crippen LogP contribution is 2.23. The van der Waals surface area contributed by atoms with E-state index in [4.69, 9.17) is 24.5 Å². The predicted molar refractivity (Wildman–Crippen MR) is 89.7 cm³/mol. The quantitative estimate of drug-likeness (QED) is 0.703. The lowest BCUT2D eigenvalue weighted by molar-refractivity contribution is -0.159. The molecule has 2 rings (SSSR count). The molecule has 0 aliphatic carbocycles. The van der Waals surface area contributed by atoms with E-state index in [-0.39, 0.29) is 0 Å². The molecule has 6 nitrogen and oxygen atoms in total. The van der Waals surface area contributed by atoms with E-state index < -0.39 is 11.9 Å². The fourth-order valence-corrected chi connectivity index (χ4v) is 2.05. The molecule has 0 bridgehead atoms. The van der Waals surface area contributed by atoms with Crippen LogP contribution in [-0.4, -0.2) is 29.3 Å². The maximum absolute atomic E-state index is 9.10. The molecule has 0 spiro atoms. The Morgan fingerprint density at radius 2 is 1.70 bits per heavy atom. The van der Waals surface area contributed by atoms with Gasteiger partial charge >= 0.3 is 11.9 Å². The average molecular weight is 382 g/mol. The van der Waals surface area contributed by atoms with Crippen molar-refractivity contribution in [3.05, 3.63) is 58.6 Å². The summed E-state index contributed by atoms with van der Waals surface area (Å²) >= 11 is 3.47. The lowest BCUT2D eigenvalue weighted by atomic mass is 10.2. The van der Waals surface area contributed by atoms with Gasteiger partial charge in [-0.15, -0.1) is 0 Å². The summed E-state index contributed by atoms with van der Waals surface area (Å²) in [6, 6.07) is 16.1. The number of halogens is 1. The summed E-state index contributed by atoms with van der Waals surface area (Å²) in [5.74, 6) is -2.75. The van der Waals surface area contributed by atoms with Crippen LogP contribution in [0.2, 0.25) is 0 Å². The van der Waals surface area contributed by atoms with Gasteiger partial charge in [0.2, 0.25) is 0 Å². The largest absolute Gasteiger partial charge is 0.496 e. The van der Waals surface area contributed by atoms with E-state index in [0.29, 0.717) is 0 Å². The van der Waals surface area contributed by atoms with E-state index in [0.717, 1.165) is 28.0 Å². The van der Waals surface area contributed by atoms with E-state index in [1.165, 1.54) is 0 Å². The lowest BCUT2D eigenvalue weighted by Gasteiger charge is -2.11. The van der Waals surface area contributed by atoms with E-state index in [1.807, 2.05) is 42.5 Å². The highest BCUT2D eigenvalue weighted by atomic mass is 79.9. The van der Waals surface area contributed by atoms with Crippen molar-refractivity contribution < 1.29 is 24.5 Å². The van der Waals surface area contributed by atoms with E-state index >= 15 is 0 Å². The number of nitrogens with one attached hydrogen (secondary N) is 1. The van der Waals surface area contributed by atoms with Crippen molar-refractivity contribution in [1.29, 1.82) is 0 Å². The van der Waals surface area contributed by atoms with Crippen LogP contribution >= 0.6 is 15.9 Å². The number of carboxylic acids is 2. The molecule has 0 aliphatic rings. The van der Waals surface area contributed by atoms with E-state index in [1.54, 1.807) is 7.11 Å². The number of hydrogen-bond acceptors (Lipinski definition) is 4. The molecule has 2 aromatic rings. The lowest BCUT2D eigenvalue weighted by Crippen LogP contribution is -2.09. The number of benzene rings is 2. The molecular weight excluding hydrogens is 366 g/mol. The maximum atomic E-state index is 9.10. The number of carboxylic acid groups (broad SMARTS) is 2. The smallest absolute Gasteiger partial charge is 0.414 e. The Labute approximate surface area is 141 Å². The highest BCUT2D eigenvalue weighted by molar-refractivity contribution is 9.10. The van der Waals surface area contributed by atoms with Crippen LogP contribution in [0.1, 0.15) is 5.56 Å². The monoisotopic (exact) mass is 381 g/mol. The number of methoxy groups -OCH3 is 1. The van der Waals surface area contributed by atoms with Crippen molar-refractivity contribution in [1.82, 2.24) is 0 Å². The molecule has 23 heavy (non-hydrogen) atoms.